The van der Waals surface area contributed by atoms with Gasteiger partial charge in [-0.2, -0.15) is 0 Å². The lowest BCUT2D eigenvalue weighted by atomic mass is 10.1. The maximum atomic E-state index is 12.6. The average Bonchev–Trinajstić information content (AvgIpc) is 2.80. The molecular formula is C25H23N3O2. The number of aromatic nitrogens is 2. The number of hydrogen-bond donors (Lipinski definition) is 1. The maximum Gasteiger partial charge on any atom is 0.261 e. The SMILES string of the molecule is O=C(NCCCc1ccccc1)c1ccc(Cn2cnc3ccccc3c2=O)cc1. The molecule has 30 heavy (non-hydrogen) atoms. The Hall–Kier alpha value is -3.73. The molecule has 1 heterocycles. The lowest BCUT2D eigenvalue weighted by Crippen LogP contribution is -2.25. The van der Waals surface area contributed by atoms with Gasteiger partial charge in [0, 0.05) is 12.1 Å². The molecule has 0 saturated carbocycles. The summed E-state index contributed by atoms with van der Waals surface area (Å²) in [6.45, 7) is 1.04. The van der Waals surface area contributed by atoms with E-state index in [4.69, 9.17) is 0 Å². The van der Waals surface area contributed by atoms with Gasteiger partial charge < -0.3 is 5.32 Å². The van der Waals surface area contributed by atoms with Crippen molar-refractivity contribution >= 4 is 16.8 Å². The van der Waals surface area contributed by atoms with Gasteiger partial charge in [-0.05, 0) is 48.2 Å². The highest BCUT2D eigenvalue weighted by Crippen LogP contribution is 2.09. The molecule has 4 rings (SSSR count). The summed E-state index contributed by atoms with van der Waals surface area (Å²) in [5.74, 6) is -0.0841. The van der Waals surface area contributed by atoms with E-state index in [-0.39, 0.29) is 11.5 Å². The highest BCUT2D eigenvalue weighted by Gasteiger charge is 2.07. The molecule has 150 valence electrons. The van der Waals surface area contributed by atoms with Gasteiger partial charge in [0.2, 0.25) is 0 Å². The topological polar surface area (TPSA) is 64.0 Å². The van der Waals surface area contributed by atoms with Gasteiger partial charge in [0.25, 0.3) is 11.5 Å². The van der Waals surface area contributed by atoms with Crippen molar-refractivity contribution in [2.75, 3.05) is 6.54 Å². The number of amides is 1. The minimum Gasteiger partial charge on any atom is -0.352 e. The molecule has 0 saturated heterocycles. The Labute approximate surface area is 175 Å². The second-order valence-corrected chi connectivity index (χ2v) is 7.24. The second kappa shape index (κ2) is 9.18. The monoisotopic (exact) mass is 397 g/mol. The molecule has 0 radical (unpaired) electrons. The molecule has 3 aromatic carbocycles. The van der Waals surface area contributed by atoms with Crippen LogP contribution >= 0.6 is 0 Å². The van der Waals surface area contributed by atoms with Crippen molar-refractivity contribution in [1.82, 2.24) is 14.9 Å². The molecule has 0 spiro atoms. The first-order valence-corrected chi connectivity index (χ1v) is 10.1. The molecule has 0 aliphatic heterocycles. The Kier molecular flexibility index (Phi) is 5.99. The van der Waals surface area contributed by atoms with E-state index in [0.717, 1.165) is 18.4 Å². The summed E-state index contributed by atoms with van der Waals surface area (Å²) >= 11 is 0. The Morgan fingerprint density at radius 1 is 0.867 bits per heavy atom. The Balaban J connectivity index is 1.34. The van der Waals surface area contributed by atoms with Crippen molar-refractivity contribution in [3.63, 3.8) is 0 Å². The van der Waals surface area contributed by atoms with Crippen LogP contribution in [0.15, 0.2) is 90.0 Å². The number of carbonyl (C=O) groups is 1. The molecular weight excluding hydrogens is 374 g/mol. The molecule has 5 nitrogen and oxygen atoms in total. The zero-order chi connectivity index (χ0) is 20.8. The Morgan fingerprint density at radius 3 is 2.40 bits per heavy atom. The molecule has 0 unspecified atom stereocenters. The molecule has 0 aliphatic rings. The second-order valence-electron chi connectivity index (χ2n) is 7.24. The van der Waals surface area contributed by atoms with E-state index >= 15 is 0 Å². The Bertz CT molecular complexity index is 1200. The highest BCUT2D eigenvalue weighted by atomic mass is 16.1. The van der Waals surface area contributed by atoms with Gasteiger partial charge in [0.15, 0.2) is 0 Å². The van der Waals surface area contributed by atoms with Crippen LogP contribution in [0.3, 0.4) is 0 Å². The van der Waals surface area contributed by atoms with E-state index in [9.17, 15) is 9.59 Å². The predicted octanol–water partition coefficient (Wildman–Crippen LogP) is 3.81. The molecule has 1 N–H and O–H groups in total. The summed E-state index contributed by atoms with van der Waals surface area (Å²) in [7, 11) is 0. The van der Waals surface area contributed by atoms with Crippen molar-refractivity contribution in [3.8, 4) is 0 Å². The fourth-order valence-electron chi connectivity index (χ4n) is 3.42. The normalized spacial score (nSPS) is 10.8. The fraction of sp³-hybridized carbons (Fsp3) is 0.160. The standard InChI is InChI=1S/C25H23N3O2/c29-24(26-16-6-9-19-7-2-1-3-8-19)21-14-12-20(13-15-21)17-28-18-27-23-11-5-4-10-22(23)25(28)30/h1-5,7-8,10-15,18H,6,9,16-17H2,(H,26,29). The first kappa shape index (κ1) is 19.6. The van der Waals surface area contributed by atoms with Crippen LogP contribution in [0, 0.1) is 0 Å². The van der Waals surface area contributed by atoms with Gasteiger partial charge in [0.1, 0.15) is 0 Å². The van der Waals surface area contributed by atoms with Crippen LogP contribution in [0.1, 0.15) is 27.9 Å². The Morgan fingerprint density at radius 2 is 1.60 bits per heavy atom. The number of nitrogens with zero attached hydrogens (tertiary/aromatic N) is 2. The summed E-state index contributed by atoms with van der Waals surface area (Å²) in [6.07, 6.45) is 3.40. The zero-order valence-electron chi connectivity index (χ0n) is 16.6. The van der Waals surface area contributed by atoms with E-state index in [1.807, 2.05) is 48.5 Å². The number of hydrogen-bond acceptors (Lipinski definition) is 3. The average molecular weight is 397 g/mol. The van der Waals surface area contributed by atoms with Gasteiger partial charge in [-0.15, -0.1) is 0 Å². The largest absolute Gasteiger partial charge is 0.352 e. The van der Waals surface area contributed by atoms with E-state index in [1.54, 1.807) is 29.1 Å². The summed E-state index contributed by atoms with van der Waals surface area (Å²) in [5, 5.41) is 3.57. The minimum atomic E-state index is -0.0841. The van der Waals surface area contributed by atoms with Crippen molar-refractivity contribution < 1.29 is 4.79 Å². The molecule has 1 aromatic heterocycles. The molecule has 5 heteroatoms. The lowest BCUT2D eigenvalue weighted by molar-refractivity contribution is 0.0953. The third-order valence-electron chi connectivity index (χ3n) is 5.07. The quantitative estimate of drug-likeness (QED) is 0.483. The van der Waals surface area contributed by atoms with Crippen LogP contribution in [0.25, 0.3) is 10.9 Å². The minimum absolute atomic E-state index is 0.0687. The van der Waals surface area contributed by atoms with Crippen LogP contribution in [0.5, 0.6) is 0 Å². The molecule has 0 bridgehead atoms. The van der Waals surface area contributed by atoms with Gasteiger partial charge >= 0.3 is 0 Å². The molecule has 0 fully saturated rings. The number of para-hydroxylation sites is 1. The van der Waals surface area contributed by atoms with E-state index in [0.29, 0.717) is 29.6 Å². The summed E-state index contributed by atoms with van der Waals surface area (Å²) in [5.41, 5.74) is 3.45. The molecule has 0 atom stereocenters. The van der Waals surface area contributed by atoms with Crippen molar-refractivity contribution in [3.05, 3.63) is 112 Å². The van der Waals surface area contributed by atoms with E-state index < -0.39 is 0 Å². The van der Waals surface area contributed by atoms with Crippen LogP contribution in [-0.2, 0) is 13.0 Å². The summed E-state index contributed by atoms with van der Waals surface area (Å²) in [6, 6.07) is 24.9. The maximum absolute atomic E-state index is 12.6. The van der Waals surface area contributed by atoms with Crippen molar-refractivity contribution in [1.29, 1.82) is 0 Å². The van der Waals surface area contributed by atoms with E-state index in [1.165, 1.54) is 5.56 Å². The van der Waals surface area contributed by atoms with E-state index in [2.05, 4.69) is 22.4 Å². The fourth-order valence-corrected chi connectivity index (χ4v) is 3.42. The number of fused-ring (bicyclic) bond motifs is 1. The summed E-state index contributed by atoms with van der Waals surface area (Å²) in [4.78, 5) is 29.3. The number of nitrogens with one attached hydrogen (secondary N) is 1. The predicted molar refractivity (Wildman–Crippen MR) is 119 cm³/mol. The van der Waals surface area contributed by atoms with Crippen molar-refractivity contribution in [2.24, 2.45) is 0 Å². The third kappa shape index (κ3) is 4.63. The first-order valence-electron chi connectivity index (χ1n) is 10.1. The van der Waals surface area contributed by atoms with Gasteiger partial charge in [-0.3, -0.25) is 14.2 Å². The van der Waals surface area contributed by atoms with Crippen LogP contribution < -0.4 is 10.9 Å². The number of aryl methyl sites for hydroxylation is 1. The molecule has 1 amide bonds. The van der Waals surface area contributed by atoms with Crippen LogP contribution in [0.4, 0.5) is 0 Å². The smallest absolute Gasteiger partial charge is 0.261 e. The van der Waals surface area contributed by atoms with Crippen LogP contribution in [0.2, 0.25) is 0 Å². The zero-order valence-corrected chi connectivity index (χ0v) is 16.6. The molecule has 4 aromatic rings. The lowest BCUT2D eigenvalue weighted by Gasteiger charge is -2.08. The number of carbonyl (C=O) groups excluding carboxylic acids is 1. The highest BCUT2D eigenvalue weighted by molar-refractivity contribution is 5.94. The van der Waals surface area contributed by atoms with Crippen LogP contribution in [-0.4, -0.2) is 22.0 Å². The number of rotatable bonds is 7. The number of benzene rings is 3. The first-order chi connectivity index (χ1) is 14.7. The molecule has 0 aliphatic carbocycles. The van der Waals surface area contributed by atoms with Crippen molar-refractivity contribution in [2.45, 2.75) is 19.4 Å². The van der Waals surface area contributed by atoms with Gasteiger partial charge in [-0.25, -0.2) is 4.98 Å². The third-order valence-corrected chi connectivity index (χ3v) is 5.07. The van der Waals surface area contributed by atoms with Gasteiger partial charge in [-0.1, -0.05) is 54.6 Å². The van der Waals surface area contributed by atoms with Gasteiger partial charge in [0.05, 0.1) is 23.8 Å². The summed E-state index contributed by atoms with van der Waals surface area (Å²) < 4.78 is 1.58.